The van der Waals surface area contributed by atoms with Crippen LogP contribution >= 0.6 is 0 Å². The highest BCUT2D eigenvalue weighted by atomic mass is 16.6. The molecule has 1 aromatic heterocycles. The Morgan fingerprint density at radius 2 is 1.88 bits per heavy atom. The van der Waals surface area contributed by atoms with E-state index in [1.165, 1.54) is 12.1 Å². The summed E-state index contributed by atoms with van der Waals surface area (Å²) in [5.74, 6) is 0.465. The summed E-state index contributed by atoms with van der Waals surface area (Å²) in [7, 11) is 0. The van der Waals surface area contributed by atoms with Gasteiger partial charge in [-0.1, -0.05) is 0 Å². The fraction of sp³-hybridized carbons (Fsp3) is 0.421. The molecule has 136 valence electrons. The maximum absolute atomic E-state index is 12.7. The van der Waals surface area contributed by atoms with Crippen LogP contribution in [0.25, 0.3) is 11.3 Å². The number of rotatable bonds is 4. The van der Waals surface area contributed by atoms with E-state index in [4.69, 9.17) is 0 Å². The Kier molecular flexibility index (Phi) is 4.24. The lowest BCUT2D eigenvalue weighted by molar-refractivity contribution is -0.384. The van der Waals surface area contributed by atoms with Gasteiger partial charge in [-0.05, 0) is 68.6 Å². The van der Waals surface area contributed by atoms with Crippen LogP contribution in [0.1, 0.15) is 30.3 Å². The lowest BCUT2D eigenvalue weighted by atomic mass is 9.79. The van der Waals surface area contributed by atoms with Gasteiger partial charge in [-0.2, -0.15) is 0 Å². The Morgan fingerprint density at radius 1 is 1.19 bits per heavy atom. The van der Waals surface area contributed by atoms with Crippen molar-refractivity contribution in [2.45, 2.75) is 31.8 Å². The van der Waals surface area contributed by atoms with Crippen molar-refractivity contribution >= 4 is 11.6 Å². The number of carbonyl (C=O) groups excluding carboxylic acids is 1. The van der Waals surface area contributed by atoms with Gasteiger partial charge in [0.2, 0.25) is 0 Å². The number of aromatic nitrogens is 1. The largest absolute Gasteiger partial charge is 0.351 e. The second-order valence-corrected chi connectivity index (χ2v) is 7.20. The molecule has 1 aromatic carbocycles. The van der Waals surface area contributed by atoms with E-state index in [0.717, 1.165) is 37.2 Å². The summed E-state index contributed by atoms with van der Waals surface area (Å²) >= 11 is 0. The van der Waals surface area contributed by atoms with Gasteiger partial charge in [0, 0.05) is 29.9 Å². The van der Waals surface area contributed by atoms with Gasteiger partial charge in [0.05, 0.1) is 4.92 Å². The highest BCUT2D eigenvalue weighted by molar-refractivity contribution is 5.93. The first kappa shape index (κ1) is 16.8. The topological polar surface area (TPSA) is 91.3 Å². The molecule has 0 aliphatic carbocycles. The predicted octanol–water partition coefficient (Wildman–Crippen LogP) is 2.80. The summed E-state index contributed by atoms with van der Waals surface area (Å²) in [6.07, 6.45) is 2.29. The number of hydrogen-bond acceptors (Lipinski definition) is 4. The number of nitrogens with one attached hydrogen (secondary N) is 2. The van der Waals surface area contributed by atoms with E-state index in [-0.39, 0.29) is 17.6 Å². The molecule has 1 amide bonds. The third-order valence-corrected chi connectivity index (χ3v) is 5.80. The quantitative estimate of drug-likeness (QED) is 0.652. The van der Waals surface area contributed by atoms with Crippen LogP contribution in [0.4, 0.5) is 5.69 Å². The van der Waals surface area contributed by atoms with Crippen molar-refractivity contribution in [2.24, 2.45) is 5.92 Å². The third-order valence-electron chi connectivity index (χ3n) is 5.80. The van der Waals surface area contributed by atoms with Crippen LogP contribution in [-0.2, 0) is 0 Å². The van der Waals surface area contributed by atoms with Crippen LogP contribution in [0.3, 0.4) is 0 Å². The van der Waals surface area contributed by atoms with Crippen molar-refractivity contribution in [2.75, 3.05) is 13.1 Å². The highest BCUT2D eigenvalue weighted by Crippen LogP contribution is 2.32. The van der Waals surface area contributed by atoms with Gasteiger partial charge < -0.3 is 10.3 Å². The van der Waals surface area contributed by atoms with Gasteiger partial charge in [-0.3, -0.25) is 19.8 Å². The monoisotopic (exact) mass is 354 g/mol. The minimum absolute atomic E-state index is 0.0506. The van der Waals surface area contributed by atoms with Crippen LogP contribution in [0.15, 0.2) is 36.4 Å². The number of fused-ring (bicyclic) bond motifs is 3. The summed E-state index contributed by atoms with van der Waals surface area (Å²) < 4.78 is 0. The van der Waals surface area contributed by atoms with Crippen molar-refractivity contribution < 1.29 is 9.72 Å². The fourth-order valence-electron chi connectivity index (χ4n) is 4.23. The van der Waals surface area contributed by atoms with Gasteiger partial charge >= 0.3 is 0 Å². The Hall–Kier alpha value is -2.67. The lowest BCUT2D eigenvalue weighted by Crippen LogP contribution is -2.62. The number of benzene rings is 1. The first-order valence-corrected chi connectivity index (χ1v) is 9.01. The second-order valence-electron chi connectivity index (χ2n) is 7.20. The number of carbonyl (C=O) groups is 1. The highest BCUT2D eigenvalue weighted by Gasteiger charge is 2.40. The zero-order valence-electron chi connectivity index (χ0n) is 14.6. The van der Waals surface area contributed by atoms with Crippen LogP contribution in [-0.4, -0.2) is 45.9 Å². The number of piperidine rings is 3. The number of hydrogen-bond donors (Lipinski definition) is 2. The average Bonchev–Trinajstić information content (AvgIpc) is 3.15. The molecule has 0 spiro atoms. The van der Waals surface area contributed by atoms with Gasteiger partial charge in [0.15, 0.2) is 0 Å². The minimum atomic E-state index is -0.424. The Morgan fingerprint density at radius 3 is 2.50 bits per heavy atom. The molecule has 0 saturated carbocycles. The Bertz CT molecular complexity index is 820. The number of non-ortho nitro benzene ring substituents is 1. The number of aromatic amines is 1. The molecule has 2 bridgehead atoms. The van der Waals surface area contributed by atoms with Crippen molar-refractivity contribution in [1.29, 1.82) is 0 Å². The number of H-pyrrole nitrogens is 1. The Balaban J connectivity index is 1.47. The van der Waals surface area contributed by atoms with Gasteiger partial charge in [0.1, 0.15) is 5.69 Å². The van der Waals surface area contributed by atoms with Crippen LogP contribution in [0.5, 0.6) is 0 Å². The summed E-state index contributed by atoms with van der Waals surface area (Å²) in [6, 6.07) is 10.4. The smallest absolute Gasteiger partial charge is 0.269 e. The molecule has 4 heterocycles. The third kappa shape index (κ3) is 2.99. The van der Waals surface area contributed by atoms with E-state index in [9.17, 15) is 14.9 Å². The first-order chi connectivity index (χ1) is 12.5. The number of nitrogens with zero attached hydrogens (tertiary/aromatic N) is 2. The molecule has 7 heteroatoms. The van der Waals surface area contributed by atoms with E-state index in [1.54, 1.807) is 18.2 Å². The van der Waals surface area contributed by atoms with E-state index in [1.807, 2.05) is 6.07 Å². The second kappa shape index (κ2) is 6.57. The minimum Gasteiger partial charge on any atom is -0.351 e. The summed E-state index contributed by atoms with van der Waals surface area (Å²) in [6.45, 7) is 4.45. The predicted molar refractivity (Wildman–Crippen MR) is 97.9 cm³/mol. The number of nitro benzene ring substituents is 1. The van der Waals surface area contributed by atoms with E-state index < -0.39 is 4.92 Å². The molecule has 3 saturated heterocycles. The normalized spacial score (nSPS) is 27.3. The molecule has 5 rings (SSSR count). The number of nitro groups is 1. The summed E-state index contributed by atoms with van der Waals surface area (Å²) in [4.78, 5) is 28.6. The van der Waals surface area contributed by atoms with E-state index in [0.29, 0.717) is 17.7 Å². The maximum atomic E-state index is 12.7. The van der Waals surface area contributed by atoms with Crippen LogP contribution in [0.2, 0.25) is 0 Å². The van der Waals surface area contributed by atoms with Crippen molar-refractivity contribution in [3.63, 3.8) is 0 Å². The summed E-state index contributed by atoms with van der Waals surface area (Å²) in [5.41, 5.74) is 2.15. The number of amides is 1. The van der Waals surface area contributed by atoms with Crippen LogP contribution in [0, 0.1) is 16.0 Å². The van der Waals surface area contributed by atoms with Crippen molar-refractivity contribution in [3.8, 4) is 11.3 Å². The maximum Gasteiger partial charge on any atom is 0.269 e. The molecule has 2 atom stereocenters. The average molecular weight is 354 g/mol. The molecule has 2 N–H and O–H groups in total. The zero-order chi connectivity index (χ0) is 18.3. The molecule has 0 radical (unpaired) electrons. The molecule has 26 heavy (non-hydrogen) atoms. The van der Waals surface area contributed by atoms with Crippen LogP contribution < -0.4 is 5.32 Å². The lowest BCUT2D eigenvalue weighted by Gasteiger charge is -2.49. The molecule has 0 unspecified atom stereocenters. The molecule has 3 aliphatic heterocycles. The molecular formula is C19H22N4O3. The standard InChI is InChI=1S/C19H22N4O3/c1-12-18(14-8-10-22(12)11-9-14)21-19(24)17-7-6-16(20-17)13-2-4-15(5-3-13)23(25)26/h2-7,12,14,18,20H,8-11H2,1H3,(H,21,24)/t12-,18-/m0/s1. The first-order valence-electron chi connectivity index (χ1n) is 9.01. The van der Waals surface area contributed by atoms with Crippen molar-refractivity contribution in [3.05, 3.63) is 52.2 Å². The molecule has 3 aliphatic rings. The van der Waals surface area contributed by atoms with E-state index >= 15 is 0 Å². The fourth-order valence-corrected chi connectivity index (χ4v) is 4.23. The molecule has 3 fully saturated rings. The zero-order valence-corrected chi connectivity index (χ0v) is 14.6. The Labute approximate surface area is 151 Å². The molecule has 2 aromatic rings. The van der Waals surface area contributed by atoms with Crippen molar-refractivity contribution in [1.82, 2.24) is 15.2 Å². The molecular weight excluding hydrogens is 332 g/mol. The summed E-state index contributed by atoms with van der Waals surface area (Å²) in [5, 5.41) is 14.0. The molecule has 7 nitrogen and oxygen atoms in total. The van der Waals surface area contributed by atoms with Gasteiger partial charge in [-0.15, -0.1) is 0 Å². The van der Waals surface area contributed by atoms with E-state index in [2.05, 4.69) is 22.1 Å². The van der Waals surface area contributed by atoms with Gasteiger partial charge in [0.25, 0.3) is 11.6 Å². The SMILES string of the molecule is C[C@H]1[C@H](NC(=O)c2ccc(-c3ccc([N+](=O)[O-])cc3)[nH]2)C2CCN1CC2. The van der Waals surface area contributed by atoms with Gasteiger partial charge in [-0.25, -0.2) is 0 Å².